The molecule has 1 aliphatic rings. The fourth-order valence-electron chi connectivity index (χ4n) is 4.41. The molecule has 1 heterocycles. The van der Waals surface area contributed by atoms with Crippen molar-refractivity contribution in [2.24, 2.45) is 0 Å². The first-order valence-electron chi connectivity index (χ1n) is 11.6. The lowest BCUT2D eigenvalue weighted by molar-refractivity contribution is -0.123. The lowest BCUT2D eigenvalue weighted by Crippen LogP contribution is -2.41. The highest BCUT2D eigenvalue weighted by Gasteiger charge is 2.26. The lowest BCUT2D eigenvalue weighted by atomic mass is 10.00. The minimum atomic E-state index is -0.409. The van der Waals surface area contributed by atoms with E-state index >= 15 is 0 Å². The highest BCUT2D eigenvalue weighted by Crippen LogP contribution is 2.31. The zero-order valence-corrected chi connectivity index (χ0v) is 19.8. The van der Waals surface area contributed by atoms with Gasteiger partial charge in [0.25, 0.3) is 0 Å². The maximum Gasteiger partial charge on any atom is 0.222 e. The summed E-state index contributed by atoms with van der Waals surface area (Å²) in [5.41, 5.74) is 1.94. The van der Waals surface area contributed by atoms with Crippen LogP contribution in [0, 0.1) is 0 Å². The smallest absolute Gasteiger partial charge is 0.222 e. The van der Waals surface area contributed by atoms with Crippen molar-refractivity contribution in [1.82, 2.24) is 15.5 Å². The number of hydrogen-bond acceptors (Lipinski definition) is 5. The van der Waals surface area contributed by atoms with E-state index in [0.717, 1.165) is 48.6 Å². The van der Waals surface area contributed by atoms with Gasteiger partial charge in [-0.3, -0.25) is 14.5 Å². The Morgan fingerprint density at radius 3 is 2.30 bits per heavy atom. The van der Waals surface area contributed by atoms with Crippen molar-refractivity contribution in [2.45, 2.75) is 44.7 Å². The number of rotatable bonds is 10. The summed E-state index contributed by atoms with van der Waals surface area (Å²) >= 11 is 0. The van der Waals surface area contributed by atoms with Gasteiger partial charge in [0.05, 0.1) is 32.7 Å². The molecular weight excluding hydrogens is 418 g/mol. The molecule has 2 aromatic rings. The molecule has 7 nitrogen and oxygen atoms in total. The van der Waals surface area contributed by atoms with Crippen molar-refractivity contribution in [2.75, 3.05) is 33.9 Å². The molecule has 2 aromatic carbocycles. The average Bonchev–Trinajstić information content (AvgIpc) is 2.84. The number of piperidine rings is 1. The van der Waals surface area contributed by atoms with E-state index in [1.54, 1.807) is 14.2 Å². The summed E-state index contributed by atoms with van der Waals surface area (Å²) in [5.74, 6) is 1.27. The number of amides is 2. The zero-order valence-electron chi connectivity index (χ0n) is 19.8. The van der Waals surface area contributed by atoms with Crippen LogP contribution < -0.4 is 20.1 Å². The number of hydrogen-bond donors (Lipinski definition) is 2. The Morgan fingerprint density at radius 2 is 1.67 bits per heavy atom. The number of carbonyl (C=O) groups excluding carboxylic acids is 2. The molecular formula is C26H35N3O4. The van der Waals surface area contributed by atoms with Crippen LogP contribution in [0.4, 0.5) is 0 Å². The van der Waals surface area contributed by atoms with Crippen molar-refractivity contribution in [3.63, 3.8) is 0 Å². The summed E-state index contributed by atoms with van der Waals surface area (Å²) in [6.07, 6.45) is 3.70. The molecule has 0 aromatic heterocycles. The number of benzene rings is 2. The van der Waals surface area contributed by atoms with Crippen LogP contribution in [-0.2, 0) is 9.59 Å². The first kappa shape index (κ1) is 24.6. The zero-order chi connectivity index (χ0) is 23.6. The second kappa shape index (κ2) is 12.3. The Kier molecular flexibility index (Phi) is 9.13. The predicted octanol–water partition coefficient (Wildman–Crippen LogP) is 3.61. The molecule has 1 saturated heterocycles. The Balaban J connectivity index is 1.71. The van der Waals surface area contributed by atoms with Crippen LogP contribution in [0.3, 0.4) is 0 Å². The first-order chi connectivity index (χ1) is 16.0. The molecule has 0 radical (unpaired) electrons. The number of ether oxygens (including phenoxy) is 2. The van der Waals surface area contributed by atoms with Crippen molar-refractivity contribution >= 4 is 11.8 Å². The van der Waals surface area contributed by atoms with Gasteiger partial charge in [-0.15, -0.1) is 0 Å². The van der Waals surface area contributed by atoms with E-state index in [2.05, 4.69) is 21.6 Å². The molecule has 2 amide bonds. The van der Waals surface area contributed by atoms with E-state index in [-0.39, 0.29) is 24.3 Å². The number of likely N-dealkylation sites (tertiary alicyclic amines) is 1. The number of nitrogens with one attached hydrogen (secondary N) is 2. The average molecular weight is 454 g/mol. The van der Waals surface area contributed by atoms with Gasteiger partial charge < -0.3 is 20.1 Å². The van der Waals surface area contributed by atoms with Crippen molar-refractivity contribution in [3.05, 3.63) is 59.7 Å². The molecule has 0 spiro atoms. The largest absolute Gasteiger partial charge is 0.497 e. The fraction of sp³-hybridized carbons (Fsp3) is 0.462. The van der Waals surface area contributed by atoms with E-state index in [0.29, 0.717) is 6.54 Å². The molecule has 0 saturated carbocycles. The van der Waals surface area contributed by atoms with E-state index in [1.807, 2.05) is 42.5 Å². The van der Waals surface area contributed by atoms with Crippen LogP contribution in [0.25, 0.3) is 0 Å². The van der Waals surface area contributed by atoms with Crippen LogP contribution in [-0.4, -0.2) is 50.6 Å². The Bertz CT molecular complexity index is 910. The van der Waals surface area contributed by atoms with Crippen LogP contribution in [0.5, 0.6) is 11.5 Å². The SMILES string of the molecule is COc1ccc(C(CC(=O)NCC(c2ccccc2OC)N2CCCCC2)NC(C)=O)cc1. The third kappa shape index (κ3) is 6.96. The topological polar surface area (TPSA) is 79.9 Å². The normalized spacial score (nSPS) is 15.8. The highest BCUT2D eigenvalue weighted by molar-refractivity contribution is 5.79. The van der Waals surface area contributed by atoms with Gasteiger partial charge in [-0.05, 0) is 49.7 Å². The van der Waals surface area contributed by atoms with Gasteiger partial charge in [0, 0.05) is 19.0 Å². The minimum absolute atomic E-state index is 0.0330. The maximum atomic E-state index is 13.0. The molecule has 1 fully saturated rings. The van der Waals surface area contributed by atoms with E-state index < -0.39 is 6.04 Å². The second-order valence-corrected chi connectivity index (χ2v) is 8.39. The summed E-state index contributed by atoms with van der Waals surface area (Å²) in [4.78, 5) is 27.2. The molecule has 178 valence electrons. The number of carbonyl (C=O) groups is 2. The molecule has 3 rings (SSSR count). The molecule has 0 bridgehead atoms. The number of para-hydroxylation sites is 1. The molecule has 2 atom stereocenters. The molecule has 7 heteroatoms. The van der Waals surface area contributed by atoms with Crippen molar-refractivity contribution in [3.8, 4) is 11.5 Å². The fourth-order valence-corrected chi connectivity index (χ4v) is 4.41. The van der Waals surface area contributed by atoms with E-state index in [1.165, 1.54) is 13.3 Å². The monoisotopic (exact) mass is 453 g/mol. The Hall–Kier alpha value is -3.06. The summed E-state index contributed by atoms with van der Waals surface area (Å²) in [6.45, 7) is 3.94. The van der Waals surface area contributed by atoms with E-state index in [9.17, 15) is 9.59 Å². The molecule has 33 heavy (non-hydrogen) atoms. The van der Waals surface area contributed by atoms with Gasteiger partial charge in [0.2, 0.25) is 11.8 Å². The van der Waals surface area contributed by atoms with Gasteiger partial charge in [-0.1, -0.05) is 36.8 Å². The molecule has 2 unspecified atom stereocenters. The van der Waals surface area contributed by atoms with Crippen molar-refractivity contribution in [1.29, 1.82) is 0 Å². The molecule has 2 N–H and O–H groups in total. The summed E-state index contributed by atoms with van der Waals surface area (Å²) < 4.78 is 10.8. The van der Waals surface area contributed by atoms with Crippen LogP contribution >= 0.6 is 0 Å². The number of methoxy groups -OCH3 is 2. The van der Waals surface area contributed by atoms with Gasteiger partial charge in [-0.2, -0.15) is 0 Å². The number of nitrogens with zero attached hydrogens (tertiary/aromatic N) is 1. The van der Waals surface area contributed by atoms with Gasteiger partial charge in [0.15, 0.2) is 0 Å². The standard InChI is InChI=1S/C26H35N3O4/c1-19(30)28-23(20-11-13-21(32-2)14-12-20)17-26(31)27-18-24(29-15-7-4-8-16-29)22-9-5-6-10-25(22)33-3/h5-6,9-14,23-24H,4,7-8,15-18H2,1-3H3,(H,27,31)(H,28,30). The van der Waals surface area contributed by atoms with Gasteiger partial charge in [0.1, 0.15) is 11.5 Å². The second-order valence-electron chi connectivity index (χ2n) is 8.39. The van der Waals surface area contributed by atoms with Gasteiger partial charge in [-0.25, -0.2) is 0 Å². The third-order valence-corrected chi connectivity index (χ3v) is 6.11. The minimum Gasteiger partial charge on any atom is -0.497 e. The summed E-state index contributed by atoms with van der Waals surface area (Å²) in [5, 5.41) is 6.01. The maximum absolute atomic E-state index is 13.0. The summed E-state index contributed by atoms with van der Waals surface area (Å²) in [7, 11) is 3.28. The Morgan fingerprint density at radius 1 is 0.970 bits per heavy atom. The van der Waals surface area contributed by atoms with Gasteiger partial charge >= 0.3 is 0 Å². The van der Waals surface area contributed by atoms with Crippen molar-refractivity contribution < 1.29 is 19.1 Å². The first-order valence-corrected chi connectivity index (χ1v) is 11.6. The lowest BCUT2D eigenvalue weighted by Gasteiger charge is -2.35. The van der Waals surface area contributed by atoms with Crippen LogP contribution in [0.15, 0.2) is 48.5 Å². The van der Waals surface area contributed by atoms with E-state index in [4.69, 9.17) is 9.47 Å². The third-order valence-electron chi connectivity index (χ3n) is 6.11. The predicted molar refractivity (Wildman–Crippen MR) is 128 cm³/mol. The van der Waals surface area contributed by atoms with Crippen LogP contribution in [0.1, 0.15) is 55.8 Å². The highest BCUT2D eigenvalue weighted by atomic mass is 16.5. The van der Waals surface area contributed by atoms with Crippen LogP contribution in [0.2, 0.25) is 0 Å². The molecule has 0 aliphatic carbocycles. The Labute approximate surface area is 196 Å². The molecule has 1 aliphatic heterocycles. The summed E-state index contributed by atoms with van der Waals surface area (Å²) in [6, 6.07) is 15.0. The quantitative estimate of drug-likeness (QED) is 0.575.